The molecule has 0 fully saturated rings. The van der Waals surface area contributed by atoms with Gasteiger partial charge < -0.3 is 15.4 Å². The normalized spacial score (nSPS) is 11.2. The quantitative estimate of drug-likeness (QED) is 0.508. The zero-order chi connectivity index (χ0) is 17.1. The summed E-state index contributed by atoms with van der Waals surface area (Å²) >= 11 is 0. The molecule has 0 spiro atoms. The van der Waals surface area contributed by atoms with Gasteiger partial charge >= 0.3 is 0 Å². The van der Waals surface area contributed by atoms with E-state index in [1.165, 1.54) is 12.1 Å². The number of benzene rings is 1. The van der Waals surface area contributed by atoms with Crippen LogP contribution in [0.5, 0.6) is 5.75 Å². The summed E-state index contributed by atoms with van der Waals surface area (Å²) in [5.41, 5.74) is 0. The first-order chi connectivity index (χ1) is 11.0. The van der Waals surface area contributed by atoms with Gasteiger partial charge in [-0.05, 0) is 51.2 Å². The van der Waals surface area contributed by atoms with Gasteiger partial charge in [0.25, 0.3) is 0 Å². The second kappa shape index (κ2) is 10.2. The molecule has 7 nitrogen and oxygen atoms in total. The zero-order valence-electron chi connectivity index (χ0n) is 13.6. The Kier molecular flexibility index (Phi) is 8.60. The van der Waals surface area contributed by atoms with Crippen molar-refractivity contribution in [1.29, 1.82) is 0 Å². The molecule has 1 rings (SSSR count). The van der Waals surface area contributed by atoms with Crippen LogP contribution in [-0.2, 0) is 14.8 Å². The van der Waals surface area contributed by atoms with Crippen LogP contribution in [0.2, 0.25) is 0 Å². The highest BCUT2D eigenvalue weighted by atomic mass is 32.2. The van der Waals surface area contributed by atoms with Crippen molar-refractivity contribution < 1.29 is 17.9 Å². The van der Waals surface area contributed by atoms with Gasteiger partial charge in [0.05, 0.1) is 11.5 Å². The van der Waals surface area contributed by atoms with Gasteiger partial charge in [-0.2, -0.15) is 0 Å². The van der Waals surface area contributed by atoms with Gasteiger partial charge in [-0.3, -0.25) is 4.79 Å². The molecule has 0 atom stereocenters. The van der Waals surface area contributed by atoms with Gasteiger partial charge in [0.15, 0.2) is 0 Å². The lowest BCUT2D eigenvalue weighted by atomic mass is 10.3. The molecule has 0 aliphatic rings. The third-order valence-electron chi connectivity index (χ3n) is 3.01. The molecule has 0 aliphatic heterocycles. The third-order valence-corrected chi connectivity index (χ3v) is 4.49. The number of ether oxygens (including phenoxy) is 1. The van der Waals surface area contributed by atoms with E-state index in [1.54, 1.807) is 12.1 Å². The molecule has 0 bridgehead atoms. The topological polar surface area (TPSA) is 96.5 Å². The Bertz CT molecular complexity index is 573. The second-order valence-electron chi connectivity index (χ2n) is 4.86. The number of carbonyl (C=O) groups excluding carboxylic acids is 1. The van der Waals surface area contributed by atoms with E-state index < -0.39 is 10.0 Å². The van der Waals surface area contributed by atoms with Crippen LogP contribution in [0.15, 0.2) is 29.2 Å². The molecule has 1 aromatic rings. The van der Waals surface area contributed by atoms with Gasteiger partial charge in [0.1, 0.15) is 5.75 Å². The summed E-state index contributed by atoms with van der Waals surface area (Å²) in [4.78, 5) is 11.7. The minimum atomic E-state index is -3.61. The molecule has 0 aliphatic carbocycles. The van der Waals surface area contributed by atoms with Crippen molar-refractivity contribution in [2.24, 2.45) is 0 Å². The van der Waals surface area contributed by atoms with Crippen molar-refractivity contribution in [2.75, 3.05) is 33.3 Å². The number of carbonyl (C=O) groups is 1. The highest BCUT2D eigenvalue weighted by molar-refractivity contribution is 7.89. The van der Waals surface area contributed by atoms with Crippen molar-refractivity contribution in [2.45, 2.75) is 24.7 Å². The van der Waals surface area contributed by atoms with Crippen molar-refractivity contribution in [3.05, 3.63) is 24.3 Å². The molecule has 1 aromatic carbocycles. The fraction of sp³-hybridized carbons (Fsp3) is 0.533. The molecule has 8 heteroatoms. The summed E-state index contributed by atoms with van der Waals surface area (Å²) in [6.07, 6.45) is 0.940. The summed E-state index contributed by atoms with van der Waals surface area (Å²) in [7, 11) is -1.77. The van der Waals surface area contributed by atoms with E-state index >= 15 is 0 Å². The standard InChI is InChI=1S/C15H25N3O4S/c1-3-22-13-5-7-14(8-6-13)23(20,21)18-12-9-15(19)17-11-4-10-16-2/h5-8,16,18H,3-4,9-12H2,1-2H3,(H,17,19). The predicted molar refractivity (Wildman–Crippen MR) is 89.0 cm³/mol. The molecule has 0 unspecified atom stereocenters. The summed E-state index contributed by atoms with van der Waals surface area (Å²) in [5.74, 6) is 0.447. The van der Waals surface area contributed by atoms with E-state index in [4.69, 9.17) is 4.74 Å². The minimum absolute atomic E-state index is 0.0629. The highest BCUT2D eigenvalue weighted by Crippen LogP contribution is 2.15. The molecule has 0 saturated carbocycles. The SMILES string of the molecule is CCOc1ccc(S(=O)(=O)NCCC(=O)NCCCNC)cc1. The van der Waals surface area contributed by atoms with E-state index in [1.807, 2.05) is 14.0 Å². The van der Waals surface area contributed by atoms with Crippen LogP contribution in [0.3, 0.4) is 0 Å². The summed E-state index contributed by atoms with van der Waals surface area (Å²) in [5, 5.41) is 5.72. The van der Waals surface area contributed by atoms with Gasteiger partial charge in [0.2, 0.25) is 15.9 Å². The van der Waals surface area contributed by atoms with Gasteiger partial charge in [-0.15, -0.1) is 0 Å². The number of hydrogen-bond donors (Lipinski definition) is 3. The maximum Gasteiger partial charge on any atom is 0.240 e. The summed E-state index contributed by atoms with van der Waals surface area (Å²) < 4.78 is 31.9. The Morgan fingerprint density at radius 2 is 1.83 bits per heavy atom. The molecule has 0 heterocycles. The van der Waals surface area contributed by atoms with E-state index in [0.29, 0.717) is 18.9 Å². The first-order valence-corrected chi connectivity index (χ1v) is 9.11. The molecule has 0 aromatic heterocycles. The summed E-state index contributed by atoms with van der Waals surface area (Å²) in [6.45, 7) is 3.84. The average Bonchev–Trinajstić information content (AvgIpc) is 2.52. The Hall–Kier alpha value is -1.64. The van der Waals surface area contributed by atoms with Crippen LogP contribution in [0.1, 0.15) is 19.8 Å². The maximum absolute atomic E-state index is 12.1. The van der Waals surface area contributed by atoms with Gasteiger partial charge in [-0.25, -0.2) is 13.1 Å². The number of amides is 1. The molecule has 1 amide bonds. The third kappa shape index (κ3) is 7.45. The first-order valence-electron chi connectivity index (χ1n) is 7.63. The second-order valence-corrected chi connectivity index (χ2v) is 6.63. The van der Waals surface area contributed by atoms with Crippen LogP contribution in [-0.4, -0.2) is 47.6 Å². The van der Waals surface area contributed by atoms with Crippen molar-refractivity contribution >= 4 is 15.9 Å². The fourth-order valence-corrected chi connectivity index (χ4v) is 2.88. The van der Waals surface area contributed by atoms with Crippen molar-refractivity contribution in [3.63, 3.8) is 0 Å². The number of hydrogen-bond acceptors (Lipinski definition) is 5. The minimum Gasteiger partial charge on any atom is -0.494 e. The molecule has 0 radical (unpaired) electrons. The fourth-order valence-electron chi connectivity index (χ4n) is 1.85. The van der Waals surface area contributed by atoms with Crippen LogP contribution in [0, 0.1) is 0 Å². The number of nitrogens with one attached hydrogen (secondary N) is 3. The highest BCUT2D eigenvalue weighted by Gasteiger charge is 2.14. The van der Waals surface area contributed by atoms with E-state index in [2.05, 4.69) is 15.4 Å². The molecule has 23 heavy (non-hydrogen) atoms. The predicted octanol–water partition coefficient (Wildman–Crippen LogP) is 0.479. The molecule has 0 saturated heterocycles. The molecular formula is C15H25N3O4S. The van der Waals surface area contributed by atoms with Crippen LogP contribution >= 0.6 is 0 Å². The molecule has 3 N–H and O–H groups in total. The first kappa shape index (κ1) is 19.4. The lowest BCUT2D eigenvalue weighted by molar-refractivity contribution is -0.120. The maximum atomic E-state index is 12.1. The number of rotatable bonds is 11. The Balaban J connectivity index is 2.39. The smallest absolute Gasteiger partial charge is 0.240 e. The zero-order valence-corrected chi connectivity index (χ0v) is 14.4. The average molecular weight is 343 g/mol. The van der Waals surface area contributed by atoms with Crippen LogP contribution in [0.4, 0.5) is 0 Å². The largest absolute Gasteiger partial charge is 0.494 e. The van der Waals surface area contributed by atoms with Crippen LogP contribution in [0.25, 0.3) is 0 Å². The van der Waals surface area contributed by atoms with Crippen molar-refractivity contribution in [1.82, 2.24) is 15.4 Å². The van der Waals surface area contributed by atoms with E-state index in [0.717, 1.165) is 13.0 Å². The lowest BCUT2D eigenvalue weighted by Crippen LogP contribution is -2.31. The summed E-state index contributed by atoms with van der Waals surface area (Å²) in [6, 6.07) is 6.16. The number of sulfonamides is 1. The van der Waals surface area contributed by atoms with Crippen LogP contribution < -0.4 is 20.1 Å². The Labute approximate surface area is 137 Å². The van der Waals surface area contributed by atoms with E-state index in [9.17, 15) is 13.2 Å². The van der Waals surface area contributed by atoms with E-state index in [-0.39, 0.29) is 23.8 Å². The molecule has 130 valence electrons. The van der Waals surface area contributed by atoms with Crippen molar-refractivity contribution in [3.8, 4) is 5.75 Å². The van der Waals surface area contributed by atoms with Gasteiger partial charge in [0, 0.05) is 19.5 Å². The van der Waals surface area contributed by atoms with Gasteiger partial charge in [-0.1, -0.05) is 0 Å². The monoisotopic (exact) mass is 343 g/mol. The molecular weight excluding hydrogens is 318 g/mol. The Morgan fingerprint density at radius 3 is 2.43 bits per heavy atom. The Morgan fingerprint density at radius 1 is 1.13 bits per heavy atom. The lowest BCUT2D eigenvalue weighted by Gasteiger charge is -2.08.